The molecule has 0 saturated carbocycles. The van der Waals surface area contributed by atoms with Crippen LogP contribution in [0, 0.1) is 0 Å². The minimum Gasteiger partial charge on any atom is -0.515 e. The van der Waals surface area contributed by atoms with Gasteiger partial charge in [0.1, 0.15) is 6.29 Å². The summed E-state index contributed by atoms with van der Waals surface area (Å²) in [5.41, 5.74) is 3.52. The van der Waals surface area contributed by atoms with E-state index in [9.17, 15) is 4.79 Å². The van der Waals surface area contributed by atoms with Gasteiger partial charge in [-0.1, -0.05) is 30.3 Å². The third-order valence-electron chi connectivity index (χ3n) is 2.67. The average molecular weight is 200 g/mol. The average Bonchev–Trinajstić information content (AvgIpc) is 2.72. The van der Waals surface area contributed by atoms with Crippen LogP contribution < -0.4 is 0 Å². The van der Waals surface area contributed by atoms with Crippen LogP contribution in [0.4, 0.5) is 0 Å². The predicted octanol–water partition coefficient (Wildman–Crippen LogP) is 2.87. The van der Waals surface area contributed by atoms with Gasteiger partial charge in [0.25, 0.3) is 0 Å². The summed E-state index contributed by atoms with van der Waals surface area (Å²) < 4.78 is 0. The normalized spacial score (nSPS) is 18.5. The molecule has 0 amide bonds. The van der Waals surface area contributed by atoms with Crippen molar-refractivity contribution in [3.63, 3.8) is 0 Å². The van der Waals surface area contributed by atoms with Gasteiger partial charge >= 0.3 is 0 Å². The first-order valence-electron chi connectivity index (χ1n) is 4.94. The van der Waals surface area contributed by atoms with E-state index in [0.717, 1.165) is 47.7 Å². The van der Waals surface area contributed by atoms with Crippen LogP contribution in [0.5, 0.6) is 0 Å². The van der Waals surface area contributed by atoms with Crippen LogP contribution in [0.2, 0.25) is 0 Å². The highest BCUT2D eigenvalue weighted by molar-refractivity contribution is 5.96. The summed E-state index contributed by atoms with van der Waals surface area (Å²) in [6.07, 6.45) is 3.46. The number of allylic oxidation sites excluding steroid dienone is 3. The van der Waals surface area contributed by atoms with E-state index in [4.69, 9.17) is 5.11 Å². The molecule has 0 spiro atoms. The Morgan fingerprint density at radius 2 is 1.87 bits per heavy atom. The Bertz CT molecular complexity index is 427. The van der Waals surface area contributed by atoms with Crippen molar-refractivity contribution >= 4 is 11.9 Å². The lowest BCUT2D eigenvalue weighted by Gasteiger charge is -2.05. The minimum absolute atomic E-state index is 0.722. The zero-order chi connectivity index (χ0) is 10.7. The SMILES string of the molecule is O=CC1=C(c2ccccc2)/C(=C/O)CC1. The van der Waals surface area contributed by atoms with Gasteiger partial charge in [0.15, 0.2) is 0 Å². The standard InChI is InChI=1S/C13H12O2/c14-8-11-6-7-12(9-15)13(11)10-4-2-1-3-5-10/h1-5,8-9,14H,6-7H2/b11-8+. The lowest BCUT2D eigenvalue weighted by molar-refractivity contribution is -0.104. The van der Waals surface area contributed by atoms with E-state index in [1.807, 2.05) is 30.3 Å². The van der Waals surface area contributed by atoms with Crippen LogP contribution in [0.3, 0.4) is 0 Å². The van der Waals surface area contributed by atoms with Crippen LogP contribution in [0.15, 0.2) is 47.7 Å². The summed E-state index contributed by atoms with van der Waals surface area (Å²) >= 11 is 0. The van der Waals surface area contributed by atoms with Crippen molar-refractivity contribution < 1.29 is 9.90 Å². The Hall–Kier alpha value is -1.83. The number of aldehydes is 1. The number of aliphatic hydroxyl groups is 1. The molecule has 0 heterocycles. The summed E-state index contributed by atoms with van der Waals surface area (Å²) in [5.74, 6) is 0. The van der Waals surface area contributed by atoms with Crippen LogP contribution in [0.1, 0.15) is 18.4 Å². The largest absolute Gasteiger partial charge is 0.515 e. The van der Waals surface area contributed by atoms with E-state index in [-0.39, 0.29) is 0 Å². The molecule has 0 aliphatic heterocycles. The van der Waals surface area contributed by atoms with Gasteiger partial charge in [0.05, 0.1) is 6.26 Å². The van der Waals surface area contributed by atoms with Crippen LogP contribution in [-0.2, 0) is 4.79 Å². The lowest BCUT2D eigenvalue weighted by Crippen LogP contribution is -1.88. The van der Waals surface area contributed by atoms with Crippen LogP contribution in [0.25, 0.3) is 5.57 Å². The van der Waals surface area contributed by atoms with Gasteiger partial charge in [-0.15, -0.1) is 0 Å². The Balaban J connectivity index is 2.53. The second-order valence-electron chi connectivity index (χ2n) is 3.54. The van der Waals surface area contributed by atoms with Gasteiger partial charge in [-0.25, -0.2) is 0 Å². The van der Waals surface area contributed by atoms with Crippen molar-refractivity contribution in [3.8, 4) is 0 Å². The predicted molar refractivity (Wildman–Crippen MR) is 59.4 cm³/mol. The van der Waals surface area contributed by atoms with E-state index in [0.29, 0.717) is 0 Å². The molecule has 0 fully saturated rings. The molecular weight excluding hydrogens is 188 g/mol. The molecule has 2 nitrogen and oxygen atoms in total. The second kappa shape index (κ2) is 4.13. The van der Waals surface area contributed by atoms with E-state index in [2.05, 4.69) is 0 Å². The highest BCUT2D eigenvalue weighted by Gasteiger charge is 2.20. The Morgan fingerprint density at radius 1 is 1.13 bits per heavy atom. The molecule has 0 saturated heterocycles. The summed E-state index contributed by atoms with van der Waals surface area (Å²) in [6.45, 7) is 0. The Morgan fingerprint density at radius 3 is 2.47 bits per heavy atom. The van der Waals surface area contributed by atoms with Crippen molar-refractivity contribution in [2.24, 2.45) is 0 Å². The maximum atomic E-state index is 10.9. The van der Waals surface area contributed by atoms with Crippen molar-refractivity contribution in [2.45, 2.75) is 12.8 Å². The molecule has 2 heteroatoms. The fourth-order valence-corrected chi connectivity index (χ4v) is 1.95. The minimum atomic E-state index is 0.722. The fraction of sp³-hybridized carbons (Fsp3) is 0.154. The molecule has 76 valence electrons. The maximum Gasteiger partial charge on any atom is 0.146 e. The maximum absolute atomic E-state index is 10.9. The molecule has 0 bridgehead atoms. The first-order valence-corrected chi connectivity index (χ1v) is 4.94. The molecule has 0 aromatic heterocycles. The number of benzene rings is 1. The summed E-state index contributed by atoms with van der Waals surface area (Å²) in [4.78, 5) is 10.9. The van der Waals surface area contributed by atoms with Gasteiger partial charge in [-0.3, -0.25) is 4.79 Å². The summed E-state index contributed by atoms with van der Waals surface area (Å²) in [5, 5.41) is 9.10. The quantitative estimate of drug-likeness (QED) is 0.588. The molecule has 1 aromatic carbocycles. The molecule has 15 heavy (non-hydrogen) atoms. The van der Waals surface area contributed by atoms with Crippen molar-refractivity contribution in [1.82, 2.24) is 0 Å². The van der Waals surface area contributed by atoms with Gasteiger partial charge < -0.3 is 5.11 Å². The summed E-state index contributed by atoms with van der Waals surface area (Å²) in [7, 11) is 0. The number of carbonyl (C=O) groups excluding carboxylic acids is 1. The topological polar surface area (TPSA) is 37.3 Å². The van der Waals surface area contributed by atoms with Crippen molar-refractivity contribution in [3.05, 3.63) is 53.3 Å². The molecule has 0 radical (unpaired) electrons. The van der Waals surface area contributed by atoms with Gasteiger partial charge in [-0.05, 0) is 29.6 Å². The molecule has 1 N–H and O–H groups in total. The van der Waals surface area contributed by atoms with Crippen LogP contribution in [-0.4, -0.2) is 11.4 Å². The lowest BCUT2D eigenvalue weighted by atomic mass is 10.00. The molecular formula is C13H12O2. The first-order chi connectivity index (χ1) is 7.36. The van der Waals surface area contributed by atoms with E-state index >= 15 is 0 Å². The first kappa shape index (κ1) is 9.71. The fourth-order valence-electron chi connectivity index (χ4n) is 1.95. The molecule has 1 aromatic rings. The number of hydrogen-bond acceptors (Lipinski definition) is 2. The number of rotatable bonds is 2. The molecule has 1 aliphatic rings. The number of hydrogen-bond donors (Lipinski definition) is 1. The van der Waals surface area contributed by atoms with E-state index < -0.39 is 0 Å². The van der Waals surface area contributed by atoms with Gasteiger partial charge in [-0.2, -0.15) is 0 Å². The monoisotopic (exact) mass is 200 g/mol. The van der Waals surface area contributed by atoms with E-state index in [1.54, 1.807) is 0 Å². The van der Waals surface area contributed by atoms with Crippen molar-refractivity contribution in [2.75, 3.05) is 0 Å². The number of carbonyl (C=O) groups is 1. The third-order valence-corrected chi connectivity index (χ3v) is 2.67. The smallest absolute Gasteiger partial charge is 0.146 e. The molecule has 0 atom stereocenters. The Labute approximate surface area is 88.6 Å². The zero-order valence-corrected chi connectivity index (χ0v) is 8.31. The highest BCUT2D eigenvalue weighted by Crippen LogP contribution is 2.37. The van der Waals surface area contributed by atoms with Gasteiger partial charge in [0, 0.05) is 5.57 Å². The molecule has 1 aliphatic carbocycles. The molecule has 0 unspecified atom stereocenters. The van der Waals surface area contributed by atoms with Crippen LogP contribution >= 0.6 is 0 Å². The zero-order valence-electron chi connectivity index (χ0n) is 8.31. The summed E-state index contributed by atoms with van der Waals surface area (Å²) in [6, 6.07) is 9.69. The van der Waals surface area contributed by atoms with Crippen molar-refractivity contribution in [1.29, 1.82) is 0 Å². The Kier molecular flexibility index (Phi) is 2.68. The third kappa shape index (κ3) is 1.71. The van der Waals surface area contributed by atoms with Gasteiger partial charge in [0.2, 0.25) is 0 Å². The number of aliphatic hydroxyl groups excluding tert-OH is 1. The van der Waals surface area contributed by atoms with E-state index in [1.165, 1.54) is 0 Å². The second-order valence-corrected chi connectivity index (χ2v) is 3.54. The molecule has 2 rings (SSSR count). The highest BCUT2D eigenvalue weighted by atomic mass is 16.2.